The van der Waals surface area contributed by atoms with E-state index in [1.165, 1.54) is 22.6 Å². The standard InChI is InChI=1S/C15H17F2IN2O4/c1-15(2,3)10(6-21)19-5-8(14(23)24)11(22)7-4-9(18)13(17)20-12(7)16/h4-5,10,21-22H,6H2,1-3H3,(H,23,24). The van der Waals surface area contributed by atoms with Gasteiger partial charge in [-0.2, -0.15) is 13.8 Å². The first-order valence-corrected chi connectivity index (χ1v) is 7.89. The SMILES string of the molecule is CC(C)(C)C(CO)N=CC(C(=O)O)=C(O)c1cc(I)c(F)nc1F. The Balaban J connectivity index is 3.40. The molecule has 1 atom stereocenters. The lowest BCUT2D eigenvalue weighted by atomic mass is 9.88. The van der Waals surface area contributed by atoms with Gasteiger partial charge in [-0.25, -0.2) is 4.79 Å². The molecule has 1 unspecified atom stereocenters. The van der Waals surface area contributed by atoms with E-state index in [-0.39, 0.29) is 10.2 Å². The van der Waals surface area contributed by atoms with Crippen LogP contribution in [0.1, 0.15) is 26.3 Å². The number of hydrogen-bond acceptors (Lipinski definition) is 5. The van der Waals surface area contributed by atoms with Crippen LogP contribution in [-0.2, 0) is 4.79 Å². The van der Waals surface area contributed by atoms with E-state index in [1.807, 2.05) is 0 Å². The maximum absolute atomic E-state index is 13.7. The molecular formula is C15H17F2IN2O4. The summed E-state index contributed by atoms with van der Waals surface area (Å²) in [6.45, 7) is 5.04. The summed E-state index contributed by atoms with van der Waals surface area (Å²) >= 11 is 1.54. The molecule has 1 aromatic heterocycles. The number of pyridine rings is 1. The van der Waals surface area contributed by atoms with E-state index in [4.69, 9.17) is 0 Å². The van der Waals surface area contributed by atoms with Crippen LogP contribution in [0, 0.1) is 20.9 Å². The van der Waals surface area contributed by atoms with Gasteiger partial charge in [0.15, 0.2) is 0 Å². The zero-order valence-corrected chi connectivity index (χ0v) is 15.4. The zero-order valence-electron chi connectivity index (χ0n) is 13.2. The third-order valence-electron chi connectivity index (χ3n) is 3.18. The number of carboxylic acid groups (broad SMARTS) is 1. The fourth-order valence-electron chi connectivity index (χ4n) is 1.68. The van der Waals surface area contributed by atoms with Gasteiger partial charge in [-0.3, -0.25) is 4.99 Å². The molecule has 3 N–H and O–H groups in total. The molecule has 0 bridgehead atoms. The van der Waals surface area contributed by atoms with Gasteiger partial charge in [0.05, 0.1) is 21.8 Å². The fourth-order valence-corrected chi connectivity index (χ4v) is 2.12. The molecule has 0 fully saturated rings. The minimum atomic E-state index is -1.56. The largest absolute Gasteiger partial charge is 0.506 e. The number of aliphatic hydroxyl groups excluding tert-OH is 2. The number of aliphatic hydroxyl groups is 2. The monoisotopic (exact) mass is 454 g/mol. The van der Waals surface area contributed by atoms with Crippen molar-refractivity contribution < 1.29 is 28.9 Å². The van der Waals surface area contributed by atoms with Crippen molar-refractivity contribution in [2.45, 2.75) is 26.8 Å². The molecular weight excluding hydrogens is 437 g/mol. The fraction of sp³-hybridized carbons (Fsp3) is 0.400. The summed E-state index contributed by atoms with van der Waals surface area (Å²) in [5.41, 5.74) is -1.70. The minimum Gasteiger partial charge on any atom is -0.506 e. The van der Waals surface area contributed by atoms with Gasteiger partial charge in [-0.1, -0.05) is 20.8 Å². The van der Waals surface area contributed by atoms with Crippen LogP contribution in [0.4, 0.5) is 8.78 Å². The molecule has 1 rings (SSSR count). The Morgan fingerprint density at radius 3 is 2.42 bits per heavy atom. The van der Waals surface area contributed by atoms with E-state index in [0.717, 1.165) is 12.3 Å². The highest BCUT2D eigenvalue weighted by Crippen LogP contribution is 2.24. The van der Waals surface area contributed by atoms with Gasteiger partial charge in [0.25, 0.3) is 0 Å². The van der Waals surface area contributed by atoms with Crippen LogP contribution in [0.3, 0.4) is 0 Å². The second-order valence-corrected chi connectivity index (χ2v) is 7.17. The number of aliphatic imine (C=N–C) groups is 1. The van der Waals surface area contributed by atoms with Crippen molar-refractivity contribution >= 4 is 40.5 Å². The molecule has 0 amide bonds. The lowest BCUT2D eigenvalue weighted by Crippen LogP contribution is -2.28. The Kier molecular flexibility index (Phi) is 6.78. The molecule has 0 spiro atoms. The second-order valence-electron chi connectivity index (χ2n) is 6.01. The van der Waals surface area contributed by atoms with Crippen molar-refractivity contribution in [3.63, 3.8) is 0 Å². The normalized spacial score (nSPS) is 14.6. The predicted molar refractivity (Wildman–Crippen MR) is 92.9 cm³/mol. The number of aliphatic carboxylic acids is 1. The number of halogens is 3. The third-order valence-corrected chi connectivity index (χ3v) is 3.94. The highest BCUT2D eigenvalue weighted by molar-refractivity contribution is 14.1. The van der Waals surface area contributed by atoms with Crippen LogP contribution in [0.25, 0.3) is 5.76 Å². The molecule has 0 radical (unpaired) electrons. The molecule has 0 saturated heterocycles. The number of nitrogens with zero attached hydrogens (tertiary/aromatic N) is 2. The molecule has 1 aromatic rings. The highest BCUT2D eigenvalue weighted by atomic mass is 127. The average molecular weight is 454 g/mol. The van der Waals surface area contributed by atoms with Gasteiger partial charge in [0.1, 0.15) is 11.3 Å². The lowest BCUT2D eigenvalue weighted by molar-refractivity contribution is -0.132. The summed E-state index contributed by atoms with van der Waals surface area (Å²) in [5.74, 6) is -4.89. The maximum Gasteiger partial charge on any atom is 0.341 e. The van der Waals surface area contributed by atoms with Crippen LogP contribution in [-0.4, -0.2) is 45.1 Å². The summed E-state index contributed by atoms with van der Waals surface area (Å²) in [4.78, 5) is 18.3. The topological polar surface area (TPSA) is 103 Å². The summed E-state index contributed by atoms with van der Waals surface area (Å²) in [6.07, 6.45) is 0.847. The smallest absolute Gasteiger partial charge is 0.341 e. The lowest BCUT2D eigenvalue weighted by Gasteiger charge is -2.25. The average Bonchev–Trinajstić information content (AvgIpc) is 2.45. The van der Waals surface area contributed by atoms with Gasteiger partial charge >= 0.3 is 5.97 Å². The van der Waals surface area contributed by atoms with E-state index >= 15 is 0 Å². The molecule has 132 valence electrons. The molecule has 6 nitrogen and oxygen atoms in total. The number of hydrogen-bond donors (Lipinski definition) is 3. The molecule has 0 aliphatic heterocycles. The Morgan fingerprint density at radius 2 is 1.96 bits per heavy atom. The summed E-state index contributed by atoms with van der Waals surface area (Å²) in [6, 6.07) is 0.313. The summed E-state index contributed by atoms with van der Waals surface area (Å²) in [7, 11) is 0. The molecule has 0 saturated carbocycles. The van der Waals surface area contributed by atoms with Crippen molar-refractivity contribution in [3.05, 3.63) is 32.7 Å². The minimum absolute atomic E-state index is 0.0832. The Morgan fingerprint density at radius 1 is 1.38 bits per heavy atom. The van der Waals surface area contributed by atoms with E-state index in [1.54, 1.807) is 20.8 Å². The van der Waals surface area contributed by atoms with Gasteiger partial charge < -0.3 is 15.3 Å². The van der Waals surface area contributed by atoms with Crippen molar-refractivity contribution in [2.24, 2.45) is 10.4 Å². The van der Waals surface area contributed by atoms with Gasteiger partial charge in [0, 0.05) is 6.21 Å². The van der Waals surface area contributed by atoms with Crippen molar-refractivity contribution in [1.29, 1.82) is 0 Å². The second kappa shape index (κ2) is 7.97. The van der Waals surface area contributed by atoms with Crippen LogP contribution < -0.4 is 0 Å². The molecule has 9 heteroatoms. The Bertz CT molecular complexity index is 699. The summed E-state index contributed by atoms with van der Waals surface area (Å²) < 4.78 is 26.8. The van der Waals surface area contributed by atoms with E-state index < -0.39 is 46.2 Å². The van der Waals surface area contributed by atoms with Crippen molar-refractivity contribution in [2.75, 3.05) is 6.61 Å². The van der Waals surface area contributed by atoms with Crippen LogP contribution >= 0.6 is 22.6 Å². The van der Waals surface area contributed by atoms with E-state index in [9.17, 15) is 28.9 Å². The first kappa shape index (κ1) is 20.4. The summed E-state index contributed by atoms with van der Waals surface area (Å²) in [5, 5.41) is 28.6. The maximum atomic E-state index is 13.7. The zero-order chi connectivity index (χ0) is 18.7. The van der Waals surface area contributed by atoms with Gasteiger partial charge in [0.2, 0.25) is 11.9 Å². The number of carboxylic acids is 1. The molecule has 0 aliphatic rings. The first-order valence-electron chi connectivity index (χ1n) is 6.81. The highest BCUT2D eigenvalue weighted by Gasteiger charge is 2.24. The van der Waals surface area contributed by atoms with Crippen LogP contribution in [0.15, 0.2) is 16.6 Å². The van der Waals surface area contributed by atoms with E-state index in [2.05, 4.69) is 9.98 Å². The first-order chi connectivity index (χ1) is 11.0. The molecule has 0 aliphatic carbocycles. The third kappa shape index (κ3) is 4.94. The molecule has 1 heterocycles. The number of rotatable bonds is 5. The van der Waals surface area contributed by atoms with Gasteiger partial charge in [-0.15, -0.1) is 0 Å². The molecule has 24 heavy (non-hydrogen) atoms. The van der Waals surface area contributed by atoms with Crippen molar-refractivity contribution in [3.8, 4) is 0 Å². The van der Waals surface area contributed by atoms with Crippen LogP contribution in [0.2, 0.25) is 0 Å². The number of carbonyl (C=O) groups is 1. The Labute approximate surface area is 151 Å². The van der Waals surface area contributed by atoms with Crippen molar-refractivity contribution in [1.82, 2.24) is 4.98 Å². The van der Waals surface area contributed by atoms with E-state index in [0.29, 0.717) is 0 Å². The predicted octanol–water partition coefficient (Wildman–Crippen LogP) is 2.80. The number of aromatic nitrogens is 1. The van der Waals surface area contributed by atoms with Crippen LogP contribution in [0.5, 0.6) is 0 Å². The molecule has 0 aromatic carbocycles. The Hall–Kier alpha value is -1.62. The quantitative estimate of drug-likeness (QED) is 0.209. The van der Waals surface area contributed by atoms with Gasteiger partial charge in [-0.05, 0) is 34.1 Å².